The van der Waals surface area contributed by atoms with Crippen molar-refractivity contribution in [3.63, 3.8) is 0 Å². The average Bonchev–Trinajstić information content (AvgIpc) is 2.30. The van der Waals surface area contributed by atoms with Crippen molar-refractivity contribution in [1.82, 2.24) is 5.43 Å². The molecule has 1 rings (SSSR count). The summed E-state index contributed by atoms with van der Waals surface area (Å²) in [7, 11) is -3.14. The van der Waals surface area contributed by atoms with Crippen molar-refractivity contribution in [1.29, 1.82) is 0 Å². The lowest BCUT2D eigenvalue weighted by atomic mass is 10.4. The van der Waals surface area contributed by atoms with Gasteiger partial charge in [0.1, 0.15) is 6.16 Å². The zero-order valence-corrected chi connectivity index (χ0v) is 9.94. The molecule has 88 valence electrons. The minimum absolute atomic E-state index is 0.235. The van der Waals surface area contributed by atoms with Crippen LogP contribution in [-0.2, 0) is 13.9 Å². The van der Waals surface area contributed by atoms with E-state index in [1.807, 2.05) is 11.5 Å². The molecule has 0 radical (unpaired) electrons. The van der Waals surface area contributed by atoms with Crippen molar-refractivity contribution < 1.29 is 13.9 Å². The van der Waals surface area contributed by atoms with Gasteiger partial charge in [0.15, 0.2) is 0 Å². The molecule has 0 aliphatic heterocycles. The van der Waals surface area contributed by atoms with Crippen LogP contribution < -0.4 is 16.6 Å². The van der Waals surface area contributed by atoms with Crippen LogP contribution in [0.3, 0.4) is 0 Å². The number of amides is 1. The Labute approximate surface area is 94.4 Å². The van der Waals surface area contributed by atoms with E-state index >= 15 is 0 Å². The molecule has 1 amide bonds. The van der Waals surface area contributed by atoms with Crippen molar-refractivity contribution in [2.75, 3.05) is 12.8 Å². The molecule has 3 N–H and O–H groups in total. The van der Waals surface area contributed by atoms with E-state index in [0.717, 1.165) is 0 Å². The molecule has 0 aromatic heterocycles. The Hall–Kier alpha value is -1.16. The molecule has 0 saturated carbocycles. The fourth-order valence-corrected chi connectivity index (χ4v) is 3.25. The first-order valence-corrected chi connectivity index (χ1v) is 6.72. The van der Waals surface area contributed by atoms with Crippen molar-refractivity contribution in [2.24, 2.45) is 5.84 Å². The maximum atomic E-state index is 12.4. The molecule has 1 aromatic carbocycles. The van der Waals surface area contributed by atoms with Gasteiger partial charge in [0.2, 0.25) is 13.3 Å². The summed E-state index contributed by atoms with van der Waals surface area (Å²) < 4.78 is 17.7. The molecule has 5 nitrogen and oxygen atoms in total. The molecule has 16 heavy (non-hydrogen) atoms. The molecule has 1 atom stereocenters. The van der Waals surface area contributed by atoms with E-state index in [1.165, 1.54) is 0 Å². The summed E-state index contributed by atoms with van der Waals surface area (Å²) >= 11 is 0. The first-order valence-electron chi connectivity index (χ1n) is 4.91. The molecule has 0 bridgehead atoms. The van der Waals surface area contributed by atoms with Crippen LogP contribution in [0.2, 0.25) is 0 Å². The van der Waals surface area contributed by atoms with Crippen LogP contribution in [-0.4, -0.2) is 18.7 Å². The summed E-state index contributed by atoms with van der Waals surface area (Å²) in [6, 6.07) is 8.67. The molecule has 0 aliphatic rings. The van der Waals surface area contributed by atoms with E-state index in [1.54, 1.807) is 31.2 Å². The molecular formula is C10H15N2O3P. The van der Waals surface area contributed by atoms with E-state index in [-0.39, 0.29) is 12.8 Å². The topological polar surface area (TPSA) is 81.4 Å². The Morgan fingerprint density at radius 1 is 1.44 bits per heavy atom. The summed E-state index contributed by atoms with van der Waals surface area (Å²) in [6.07, 6.45) is -0.235. The van der Waals surface area contributed by atoms with Crippen LogP contribution >= 0.6 is 7.37 Å². The van der Waals surface area contributed by atoms with E-state index in [4.69, 9.17) is 10.4 Å². The third-order valence-corrected chi connectivity index (χ3v) is 4.46. The van der Waals surface area contributed by atoms with Gasteiger partial charge in [-0.3, -0.25) is 14.8 Å². The monoisotopic (exact) mass is 242 g/mol. The summed E-state index contributed by atoms with van der Waals surface area (Å²) in [5.41, 5.74) is 1.96. The average molecular weight is 242 g/mol. The summed E-state index contributed by atoms with van der Waals surface area (Å²) in [4.78, 5) is 11.2. The number of nitrogens with two attached hydrogens (primary N) is 1. The van der Waals surface area contributed by atoms with Gasteiger partial charge < -0.3 is 4.52 Å². The van der Waals surface area contributed by atoms with E-state index < -0.39 is 13.3 Å². The van der Waals surface area contributed by atoms with Crippen molar-refractivity contribution in [3.05, 3.63) is 30.3 Å². The lowest BCUT2D eigenvalue weighted by molar-refractivity contribution is -0.118. The number of nitrogens with one attached hydrogen (secondary N) is 1. The SMILES string of the molecule is CCOP(=O)(CC(=O)NN)c1ccccc1. The normalized spacial score (nSPS) is 14.1. The highest BCUT2D eigenvalue weighted by molar-refractivity contribution is 7.67. The second kappa shape index (κ2) is 5.80. The van der Waals surface area contributed by atoms with Crippen molar-refractivity contribution >= 4 is 18.6 Å². The van der Waals surface area contributed by atoms with Crippen LogP contribution in [0.4, 0.5) is 0 Å². The van der Waals surface area contributed by atoms with Crippen LogP contribution in [0, 0.1) is 0 Å². The minimum Gasteiger partial charge on any atom is -0.325 e. The fourth-order valence-electron chi connectivity index (χ4n) is 1.31. The zero-order chi connectivity index (χ0) is 12.0. The van der Waals surface area contributed by atoms with Gasteiger partial charge in [0, 0.05) is 5.30 Å². The van der Waals surface area contributed by atoms with Gasteiger partial charge in [-0.15, -0.1) is 0 Å². The molecule has 6 heteroatoms. The van der Waals surface area contributed by atoms with Crippen LogP contribution in [0.25, 0.3) is 0 Å². The maximum Gasteiger partial charge on any atom is 0.243 e. The Morgan fingerprint density at radius 3 is 2.56 bits per heavy atom. The predicted octanol–water partition coefficient (Wildman–Crippen LogP) is 0.616. The molecule has 1 aromatic rings. The lowest BCUT2D eigenvalue weighted by Gasteiger charge is -2.16. The number of hydrazine groups is 1. The Kier molecular flexibility index (Phi) is 4.68. The maximum absolute atomic E-state index is 12.4. The first kappa shape index (κ1) is 12.9. The van der Waals surface area contributed by atoms with Crippen LogP contribution in [0.5, 0.6) is 0 Å². The minimum atomic E-state index is -3.14. The third kappa shape index (κ3) is 3.17. The predicted molar refractivity (Wildman–Crippen MR) is 62.5 cm³/mol. The van der Waals surface area contributed by atoms with Gasteiger partial charge in [-0.2, -0.15) is 0 Å². The number of hydrogen-bond donors (Lipinski definition) is 2. The summed E-state index contributed by atoms with van der Waals surface area (Å²) in [6.45, 7) is 2.01. The Morgan fingerprint density at radius 2 is 2.06 bits per heavy atom. The molecular weight excluding hydrogens is 227 g/mol. The highest BCUT2D eigenvalue weighted by Crippen LogP contribution is 2.44. The summed E-state index contributed by atoms with van der Waals surface area (Å²) in [5.74, 6) is 4.48. The number of benzene rings is 1. The third-order valence-electron chi connectivity index (χ3n) is 2.00. The van der Waals surface area contributed by atoms with E-state index in [9.17, 15) is 9.36 Å². The molecule has 0 fully saturated rings. The quantitative estimate of drug-likeness (QED) is 0.343. The number of hydrogen-bond acceptors (Lipinski definition) is 4. The fraction of sp³-hybridized carbons (Fsp3) is 0.300. The van der Waals surface area contributed by atoms with Crippen LogP contribution in [0.1, 0.15) is 6.92 Å². The van der Waals surface area contributed by atoms with E-state index in [0.29, 0.717) is 5.30 Å². The Bertz CT molecular complexity index is 394. The second-order valence-corrected chi connectivity index (χ2v) is 5.59. The molecule has 1 unspecified atom stereocenters. The molecule has 0 saturated heterocycles. The van der Waals surface area contributed by atoms with Gasteiger partial charge in [0.25, 0.3) is 0 Å². The van der Waals surface area contributed by atoms with Crippen molar-refractivity contribution in [2.45, 2.75) is 6.92 Å². The van der Waals surface area contributed by atoms with Gasteiger partial charge in [-0.05, 0) is 19.1 Å². The number of carbonyl (C=O) groups is 1. The molecule has 0 aliphatic carbocycles. The van der Waals surface area contributed by atoms with Gasteiger partial charge in [-0.25, -0.2) is 5.84 Å². The summed E-state index contributed by atoms with van der Waals surface area (Å²) in [5, 5.41) is 0.528. The highest BCUT2D eigenvalue weighted by atomic mass is 31.2. The molecule has 0 heterocycles. The van der Waals surface area contributed by atoms with Gasteiger partial charge in [0.05, 0.1) is 6.61 Å². The second-order valence-electron chi connectivity index (χ2n) is 3.15. The number of carbonyl (C=O) groups excluding carboxylic acids is 1. The first-order chi connectivity index (χ1) is 7.62. The zero-order valence-electron chi connectivity index (χ0n) is 9.05. The molecule has 0 spiro atoms. The van der Waals surface area contributed by atoms with Gasteiger partial charge in [-0.1, -0.05) is 18.2 Å². The van der Waals surface area contributed by atoms with E-state index in [2.05, 4.69) is 0 Å². The van der Waals surface area contributed by atoms with Crippen LogP contribution in [0.15, 0.2) is 30.3 Å². The number of rotatable bonds is 5. The van der Waals surface area contributed by atoms with Crippen molar-refractivity contribution in [3.8, 4) is 0 Å². The Balaban J connectivity index is 2.97. The largest absolute Gasteiger partial charge is 0.325 e. The highest BCUT2D eigenvalue weighted by Gasteiger charge is 2.28. The smallest absolute Gasteiger partial charge is 0.243 e. The van der Waals surface area contributed by atoms with Gasteiger partial charge >= 0.3 is 0 Å². The standard InChI is InChI=1S/C10H15N2O3P/c1-2-15-16(14,8-10(13)12-11)9-6-4-3-5-7-9/h3-7H,2,8,11H2,1H3,(H,12,13). The lowest BCUT2D eigenvalue weighted by Crippen LogP contribution is -2.34.